The molecule has 0 saturated carbocycles. The van der Waals surface area contributed by atoms with E-state index in [4.69, 9.17) is 0 Å². The first kappa shape index (κ1) is 26.6. The first-order chi connectivity index (χ1) is 15.4. The average Bonchev–Trinajstić information content (AvgIpc) is 2.79. The van der Waals surface area contributed by atoms with E-state index in [2.05, 4.69) is 22.2 Å². The van der Waals surface area contributed by atoms with Crippen LogP contribution in [0.3, 0.4) is 0 Å². The molecule has 4 heteroatoms. The summed E-state index contributed by atoms with van der Waals surface area (Å²) in [5, 5.41) is 6.29. The Morgan fingerprint density at radius 1 is 1.09 bits per heavy atom. The van der Waals surface area contributed by atoms with E-state index < -0.39 is 0 Å². The molecule has 2 N–H and O–H groups in total. The molecular weight excluding hydrogens is 394 g/mol. The maximum atomic E-state index is 12.6. The van der Waals surface area contributed by atoms with Gasteiger partial charge in [0.2, 0.25) is 5.91 Å². The molecule has 0 aliphatic carbocycles. The highest BCUT2D eigenvalue weighted by Crippen LogP contribution is 2.22. The van der Waals surface area contributed by atoms with Crippen molar-refractivity contribution in [3.8, 4) is 0 Å². The minimum Gasteiger partial charge on any atom is -0.348 e. The highest BCUT2D eigenvalue weighted by Gasteiger charge is 2.08. The highest BCUT2D eigenvalue weighted by molar-refractivity contribution is 5.94. The molecule has 1 aromatic rings. The molecule has 0 bridgehead atoms. The zero-order chi connectivity index (χ0) is 23.9. The van der Waals surface area contributed by atoms with Crippen molar-refractivity contribution in [2.75, 3.05) is 11.9 Å². The normalized spacial score (nSPS) is 13.7. The third kappa shape index (κ3) is 9.17. The molecular formula is C28H37N3O. The van der Waals surface area contributed by atoms with Gasteiger partial charge in [-0.3, -0.25) is 4.79 Å². The Bertz CT molecular complexity index is 972. The number of carbonyl (C=O) groups is 1. The fraction of sp³-hybridized carbons (Fsp3) is 0.286. The van der Waals surface area contributed by atoms with E-state index in [1.807, 2.05) is 102 Å². The third-order valence-electron chi connectivity index (χ3n) is 4.82. The largest absolute Gasteiger partial charge is 0.348 e. The molecule has 0 radical (unpaired) electrons. The molecule has 0 aliphatic heterocycles. The lowest BCUT2D eigenvalue weighted by molar-refractivity contribution is -0.117. The summed E-state index contributed by atoms with van der Waals surface area (Å²) in [7, 11) is 0. The number of aryl methyl sites for hydroxylation is 1. The van der Waals surface area contributed by atoms with E-state index in [9.17, 15) is 4.79 Å². The summed E-state index contributed by atoms with van der Waals surface area (Å²) in [6.07, 6.45) is 20.0. The van der Waals surface area contributed by atoms with Crippen molar-refractivity contribution in [1.29, 1.82) is 0 Å². The van der Waals surface area contributed by atoms with Crippen molar-refractivity contribution in [3.63, 3.8) is 0 Å². The van der Waals surface area contributed by atoms with E-state index >= 15 is 0 Å². The number of nitrogens with one attached hydrogen (secondary N) is 2. The molecule has 1 heterocycles. The van der Waals surface area contributed by atoms with E-state index in [1.54, 1.807) is 6.08 Å². The SMILES string of the molecule is C=C/C(=C\C=C/C)CNC(=O)/C(=C/C=C(\C)c1cc(N/C(C)=C/C=C\C)ncc1C)CC. The van der Waals surface area contributed by atoms with Gasteiger partial charge in [0.15, 0.2) is 0 Å². The van der Waals surface area contributed by atoms with E-state index in [0.29, 0.717) is 13.0 Å². The number of carbonyl (C=O) groups excluding carboxylic acids is 1. The lowest BCUT2D eigenvalue weighted by Gasteiger charge is -2.11. The molecule has 4 nitrogen and oxygen atoms in total. The monoisotopic (exact) mass is 431 g/mol. The minimum absolute atomic E-state index is 0.0664. The van der Waals surface area contributed by atoms with Gasteiger partial charge in [0.25, 0.3) is 0 Å². The van der Waals surface area contributed by atoms with Gasteiger partial charge in [-0.1, -0.05) is 62.1 Å². The molecule has 32 heavy (non-hydrogen) atoms. The average molecular weight is 432 g/mol. The van der Waals surface area contributed by atoms with E-state index in [-0.39, 0.29) is 5.91 Å². The van der Waals surface area contributed by atoms with Gasteiger partial charge < -0.3 is 10.6 Å². The molecule has 0 fully saturated rings. The van der Waals surface area contributed by atoms with Crippen LogP contribution in [0.2, 0.25) is 0 Å². The molecule has 0 aromatic carbocycles. The number of amides is 1. The number of allylic oxidation sites excluding steroid dienone is 10. The van der Waals surface area contributed by atoms with Crippen LogP contribution >= 0.6 is 0 Å². The van der Waals surface area contributed by atoms with Crippen molar-refractivity contribution in [1.82, 2.24) is 10.3 Å². The molecule has 170 valence electrons. The number of hydrogen-bond acceptors (Lipinski definition) is 3. The van der Waals surface area contributed by atoms with Crippen LogP contribution in [0, 0.1) is 6.92 Å². The number of pyridine rings is 1. The topological polar surface area (TPSA) is 54.0 Å². The lowest BCUT2D eigenvalue weighted by Crippen LogP contribution is -2.26. The smallest absolute Gasteiger partial charge is 0.247 e. The second-order valence-corrected chi connectivity index (χ2v) is 7.43. The molecule has 0 saturated heterocycles. The van der Waals surface area contributed by atoms with E-state index in [0.717, 1.165) is 39.4 Å². The van der Waals surface area contributed by atoms with Gasteiger partial charge in [-0.05, 0) is 75.5 Å². The summed E-state index contributed by atoms with van der Waals surface area (Å²) < 4.78 is 0. The molecule has 1 amide bonds. The zero-order valence-corrected chi connectivity index (χ0v) is 20.3. The Kier molecular flexibility index (Phi) is 12.1. The molecule has 1 rings (SSSR count). The summed E-state index contributed by atoms with van der Waals surface area (Å²) in [4.78, 5) is 17.1. The van der Waals surface area contributed by atoms with Crippen LogP contribution in [-0.2, 0) is 4.79 Å². The second kappa shape index (κ2) is 14.6. The van der Waals surface area contributed by atoms with Crippen LogP contribution in [0.15, 0.2) is 90.4 Å². The van der Waals surface area contributed by atoms with Crippen LogP contribution < -0.4 is 10.6 Å². The maximum Gasteiger partial charge on any atom is 0.247 e. The van der Waals surface area contributed by atoms with Gasteiger partial charge >= 0.3 is 0 Å². The van der Waals surface area contributed by atoms with Crippen LogP contribution in [0.1, 0.15) is 52.2 Å². The Morgan fingerprint density at radius 2 is 1.78 bits per heavy atom. The van der Waals surface area contributed by atoms with Gasteiger partial charge in [0.1, 0.15) is 5.82 Å². The summed E-state index contributed by atoms with van der Waals surface area (Å²) >= 11 is 0. The van der Waals surface area contributed by atoms with Crippen molar-refractivity contribution in [3.05, 3.63) is 101 Å². The first-order valence-corrected chi connectivity index (χ1v) is 11.0. The third-order valence-corrected chi connectivity index (χ3v) is 4.82. The number of nitrogens with zero attached hydrogens (tertiary/aromatic N) is 1. The lowest BCUT2D eigenvalue weighted by atomic mass is 10.0. The van der Waals surface area contributed by atoms with Crippen LogP contribution in [0.25, 0.3) is 5.57 Å². The van der Waals surface area contributed by atoms with Gasteiger partial charge in [0.05, 0.1) is 0 Å². The van der Waals surface area contributed by atoms with Crippen molar-refractivity contribution in [2.45, 2.75) is 48.0 Å². The molecule has 0 aliphatic rings. The van der Waals surface area contributed by atoms with Gasteiger partial charge in [-0.25, -0.2) is 4.98 Å². The number of aromatic nitrogens is 1. The summed E-state index contributed by atoms with van der Waals surface area (Å²) in [6.45, 7) is 16.3. The second-order valence-electron chi connectivity index (χ2n) is 7.43. The minimum atomic E-state index is -0.0664. The zero-order valence-electron chi connectivity index (χ0n) is 20.3. The number of hydrogen-bond donors (Lipinski definition) is 2. The summed E-state index contributed by atoms with van der Waals surface area (Å²) in [5.74, 6) is 0.724. The number of rotatable bonds is 11. The summed E-state index contributed by atoms with van der Waals surface area (Å²) in [6, 6.07) is 2.04. The molecule has 0 unspecified atom stereocenters. The Morgan fingerprint density at radius 3 is 2.41 bits per heavy atom. The Hall–Kier alpha value is -3.40. The fourth-order valence-corrected chi connectivity index (χ4v) is 2.89. The predicted molar refractivity (Wildman–Crippen MR) is 139 cm³/mol. The van der Waals surface area contributed by atoms with Gasteiger partial charge in [-0.2, -0.15) is 0 Å². The maximum absolute atomic E-state index is 12.6. The van der Waals surface area contributed by atoms with Crippen LogP contribution in [-0.4, -0.2) is 17.4 Å². The van der Waals surface area contributed by atoms with E-state index in [1.165, 1.54) is 0 Å². The summed E-state index contributed by atoms with van der Waals surface area (Å²) in [5.41, 5.74) is 5.95. The quantitative estimate of drug-likeness (QED) is 0.298. The predicted octanol–water partition coefficient (Wildman–Crippen LogP) is 6.83. The van der Waals surface area contributed by atoms with Crippen molar-refractivity contribution < 1.29 is 4.79 Å². The molecule has 0 atom stereocenters. The fourth-order valence-electron chi connectivity index (χ4n) is 2.89. The Labute approximate surface area is 193 Å². The van der Waals surface area contributed by atoms with Crippen molar-refractivity contribution in [2.24, 2.45) is 0 Å². The van der Waals surface area contributed by atoms with Gasteiger partial charge in [-0.15, -0.1) is 0 Å². The van der Waals surface area contributed by atoms with Gasteiger partial charge in [0, 0.05) is 24.0 Å². The first-order valence-electron chi connectivity index (χ1n) is 11.0. The van der Waals surface area contributed by atoms with Crippen LogP contribution in [0.4, 0.5) is 5.82 Å². The standard InChI is InChI=1S/C28H37N3O/c1-8-12-14-23(7)31-27-18-26(22(6)19-29-27)21(5)16-17-25(11-4)28(32)30-20-24(10-3)15-13-9-2/h8-10,12-19H,3,11,20H2,1-2,4-7H3,(H,29,31)(H,30,32)/b12-8-,13-9-,21-16+,23-14+,24-15+,25-17+. The highest BCUT2D eigenvalue weighted by atomic mass is 16.1. The van der Waals surface area contributed by atoms with Crippen LogP contribution in [0.5, 0.6) is 0 Å². The Balaban J connectivity index is 3.02. The molecule has 1 aromatic heterocycles. The molecule has 0 spiro atoms. The number of anilines is 1. The van der Waals surface area contributed by atoms with Crippen molar-refractivity contribution >= 4 is 17.3 Å².